The normalized spacial score (nSPS) is 13.4. The number of nitrogens with one attached hydrogen (secondary N) is 1. The second kappa shape index (κ2) is 16.6. The molecule has 0 saturated heterocycles. The highest BCUT2D eigenvalue weighted by Gasteiger charge is 2.37. The summed E-state index contributed by atoms with van der Waals surface area (Å²) in [6.07, 6.45) is 21.6. The number of halogens is 3. The molecule has 0 aliphatic rings. The van der Waals surface area contributed by atoms with E-state index in [1.54, 1.807) is 6.08 Å². The van der Waals surface area contributed by atoms with Gasteiger partial charge < -0.3 is 5.32 Å². The Morgan fingerprint density at radius 1 is 0.769 bits per heavy atom. The molecular weight excluding hydrogens is 339 g/mol. The molecule has 5 heteroatoms. The number of ketones is 1. The van der Waals surface area contributed by atoms with E-state index in [0.29, 0.717) is 0 Å². The van der Waals surface area contributed by atoms with E-state index in [4.69, 9.17) is 0 Å². The highest BCUT2D eigenvalue weighted by atomic mass is 19.4. The first kappa shape index (κ1) is 24.1. The molecular formula is C21H30F3NO. The first-order chi connectivity index (χ1) is 12.5. The predicted octanol–water partition coefficient (Wildman–Crippen LogP) is 5.85. The Bertz CT molecular complexity index is 500. The molecule has 0 radical (unpaired) electrons. The van der Waals surface area contributed by atoms with Crippen LogP contribution < -0.4 is 5.32 Å². The van der Waals surface area contributed by atoms with E-state index in [0.717, 1.165) is 38.5 Å². The number of rotatable bonds is 14. The zero-order valence-electron chi connectivity index (χ0n) is 15.5. The molecule has 0 aliphatic heterocycles. The van der Waals surface area contributed by atoms with Gasteiger partial charge in [-0.25, -0.2) is 0 Å². The third-order valence-corrected chi connectivity index (χ3v) is 3.25. The average Bonchev–Trinajstić information content (AvgIpc) is 2.59. The van der Waals surface area contributed by atoms with Gasteiger partial charge in [0.1, 0.15) is 0 Å². The van der Waals surface area contributed by atoms with Gasteiger partial charge >= 0.3 is 6.18 Å². The van der Waals surface area contributed by atoms with Gasteiger partial charge in [0, 0.05) is 6.54 Å². The van der Waals surface area contributed by atoms with Gasteiger partial charge in [-0.2, -0.15) is 13.2 Å². The van der Waals surface area contributed by atoms with Crippen LogP contribution >= 0.6 is 0 Å². The molecule has 0 aromatic rings. The number of alkyl halides is 3. The highest BCUT2D eigenvalue weighted by Crippen LogP contribution is 2.14. The van der Waals surface area contributed by atoms with Crippen LogP contribution in [0.3, 0.4) is 0 Å². The molecule has 0 spiro atoms. The molecule has 0 aliphatic carbocycles. The number of allylic oxidation sites excluding steroid dienone is 9. The van der Waals surface area contributed by atoms with Crippen molar-refractivity contribution in [1.82, 2.24) is 5.32 Å². The number of hydrogen-bond donors (Lipinski definition) is 1. The van der Waals surface area contributed by atoms with Crippen LogP contribution in [0, 0.1) is 0 Å². The summed E-state index contributed by atoms with van der Waals surface area (Å²) in [5.74, 6) is -1.74. The smallest absolute Gasteiger partial charge is 0.306 e. The minimum absolute atomic E-state index is 0.260. The lowest BCUT2D eigenvalue weighted by Gasteiger charge is -2.04. The van der Waals surface area contributed by atoms with Crippen LogP contribution in [0.25, 0.3) is 0 Å². The molecule has 2 nitrogen and oxygen atoms in total. The molecule has 0 aromatic carbocycles. The van der Waals surface area contributed by atoms with Crippen LogP contribution in [0.1, 0.15) is 45.4 Å². The molecule has 0 amide bonds. The number of unbranched alkanes of at least 4 members (excludes halogenated alkanes) is 1. The Kier molecular flexibility index (Phi) is 15.4. The zero-order chi connectivity index (χ0) is 19.5. The van der Waals surface area contributed by atoms with Crippen molar-refractivity contribution in [2.45, 2.75) is 51.6 Å². The van der Waals surface area contributed by atoms with E-state index >= 15 is 0 Å². The van der Waals surface area contributed by atoms with Crippen LogP contribution in [0.4, 0.5) is 13.2 Å². The van der Waals surface area contributed by atoms with Gasteiger partial charge in [-0.1, -0.05) is 67.7 Å². The van der Waals surface area contributed by atoms with Crippen LogP contribution in [0.15, 0.2) is 60.8 Å². The molecule has 0 bridgehead atoms. The van der Waals surface area contributed by atoms with Gasteiger partial charge in [-0.15, -0.1) is 0 Å². The van der Waals surface area contributed by atoms with Gasteiger partial charge in [-0.05, 0) is 38.5 Å². The molecule has 1 N–H and O–H groups in total. The summed E-state index contributed by atoms with van der Waals surface area (Å²) in [5, 5.41) is 2.45. The van der Waals surface area contributed by atoms with E-state index in [2.05, 4.69) is 60.8 Å². The molecule has 0 aromatic heterocycles. The summed E-state index contributed by atoms with van der Waals surface area (Å²) in [6.45, 7) is 1.71. The van der Waals surface area contributed by atoms with Crippen molar-refractivity contribution in [3.05, 3.63) is 60.8 Å². The number of carbonyl (C=O) groups is 1. The first-order valence-electron chi connectivity index (χ1n) is 9.04. The van der Waals surface area contributed by atoms with Gasteiger partial charge in [0.05, 0.1) is 6.54 Å². The summed E-state index contributed by atoms with van der Waals surface area (Å²) in [5.41, 5.74) is 0. The first-order valence-corrected chi connectivity index (χ1v) is 9.04. The third-order valence-electron chi connectivity index (χ3n) is 3.25. The molecule has 0 saturated carbocycles. The maximum atomic E-state index is 11.9. The fourth-order valence-electron chi connectivity index (χ4n) is 1.86. The van der Waals surface area contributed by atoms with E-state index in [1.807, 2.05) is 6.08 Å². The lowest BCUT2D eigenvalue weighted by Crippen LogP contribution is -2.33. The van der Waals surface area contributed by atoms with E-state index in [1.165, 1.54) is 0 Å². The summed E-state index contributed by atoms with van der Waals surface area (Å²) in [4.78, 5) is 10.6. The fourth-order valence-corrected chi connectivity index (χ4v) is 1.86. The lowest BCUT2D eigenvalue weighted by molar-refractivity contribution is -0.169. The topological polar surface area (TPSA) is 29.1 Å². The SMILES string of the molecule is CCC=CCC=CCC=CCC=CCCC=CCNCC(=O)C(F)(F)F. The van der Waals surface area contributed by atoms with Crippen molar-refractivity contribution in [1.29, 1.82) is 0 Å². The van der Waals surface area contributed by atoms with E-state index in [-0.39, 0.29) is 6.54 Å². The van der Waals surface area contributed by atoms with Crippen molar-refractivity contribution in [3.63, 3.8) is 0 Å². The third kappa shape index (κ3) is 17.0. The van der Waals surface area contributed by atoms with E-state index in [9.17, 15) is 18.0 Å². The Hall–Kier alpha value is -1.88. The quantitative estimate of drug-likeness (QED) is 0.307. The van der Waals surface area contributed by atoms with Crippen LogP contribution in [-0.2, 0) is 4.79 Å². The summed E-state index contributed by atoms with van der Waals surface area (Å²) in [7, 11) is 0. The summed E-state index contributed by atoms with van der Waals surface area (Å²) >= 11 is 0. The van der Waals surface area contributed by atoms with Gasteiger partial charge in [0.15, 0.2) is 0 Å². The fraction of sp³-hybridized carbons (Fsp3) is 0.476. The van der Waals surface area contributed by atoms with Crippen molar-refractivity contribution in [2.75, 3.05) is 13.1 Å². The lowest BCUT2D eigenvalue weighted by atomic mass is 10.2. The monoisotopic (exact) mass is 369 g/mol. The van der Waals surface area contributed by atoms with E-state index < -0.39 is 18.5 Å². The molecule has 26 heavy (non-hydrogen) atoms. The standard InChI is InChI=1S/C21H30F3NO/c1-2-3-4-5-6-7-8-9-10-11-12-13-14-15-16-17-18-25-19-20(26)21(22,23)24/h3-4,6-7,9-10,12-13,16-17,25H,2,5,8,11,14-15,18-19H2,1H3. The Labute approximate surface area is 155 Å². The Morgan fingerprint density at radius 3 is 1.73 bits per heavy atom. The van der Waals surface area contributed by atoms with Gasteiger partial charge in [0.25, 0.3) is 0 Å². The maximum Gasteiger partial charge on any atom is 0.451 e. The van der Waals surface area contributed by atoms with Crippen LogP contribution in [0.2, 0.25) is 0 Å². The second-order valence-corrected chi connectivity index (χ2v) is 5.60. The van der Waals surface area contributed by atoms with Gasteiger partial charge in [0.2, 0.25) is 5.78 Å². The number of carbonyl (C=O) groups excluding carboxylic acids is 1. The van der Waals surface area contributed by atoms with Crippen molar-refractivity contribution < 1.29 is 18.0 Å². The Balaban J connectivity index is 3.54. The molecule has 0 rings (SSSR count). The van der Waals surface area contributed by atoms with Crippen molar-refractivity contribution in [3.8, 4) is 0 Å². The maximum absolute atomic E-state index is 11.9. The van der Waals surface area contributed by atoms with Crippen molar-refractivity contribution >= 4 is 5.78 Å². The van der Waals surface area contributed by atoms with Crippen molar-refractivity contribution in [2.24, 2.45) is 0 Å². The highest BCUT2D eigenvalue weighted by molar-refractivity contribution is 5.85. The molecule has 146 valence electrons. The largest absolute Gasteiger partial charge is 0.451 e. The summed E-state index contributed by atoms with van der Waals surface area (Å²) < 4.78 is 35.8. The number of hydrogen-bond acceptors (Lipinski definition) is 2. The number of Topliss-reactive ketones (excluding diaryl/α,β-unsaturated/α-hetero) is 1. The molecule has 0 unspecified atom stereocenters. The summed E-state index contributed by atoms with van der Waals surface area (Å²) in [6, 6.07) is 0. The average molecular weight is 369 g/mol. The second-order valence-electron chi connectivity index (χ2n) is 5.60. The van der Waals surface area contributed by atoms with Crippen LogP contribution in [-0.4, -0.2) is 25.0 Å². The van der Waals surface area contributed by atoms with Crippen LogP contribution in [0.5, 0.6) is 0 Å². The Morgan fingerprint density at radius 2 is 1.23 bits per heavy atom. The molecule has 0 atom stereocenters. The van der Waals surface area contributed by atoms with Gasteiger partial charge in [-0.3, -0.25) is 4.79 Å². The minimum atomic E-state index is -4.75. The molecule has 0 fully saturated rings. The predicted molar refractivity (Wildman–Crippen MR) is 103 cm³/mol. The minimum Gasteiger partial charge on any atom is -0.306 e. The molecule has 0 heterocycles. The zero-order valence-corrected chi connectivity index (χ0v) is 15.5.